The Morgan fingerprint density at radius 1 is 1.33 bits per heavy atom. The second-order valence-electron chi connectivity index (χ2n) is 5.49. The Labute approximate surface area is 151 Å². The minimum atomic E-state index is -4.34. The predicted octanol–water partition coefficient (Wildman–Crippen LogP) is 3.82. The van der Waals surface area contributed by atoms with Crippen LogP contribution in [0.4, 0.5) is 13.2 Å². The van der Waals surface area contributed by atoms with Gasteiger partial charge in [0.1, 0.15) is 0 Å². The van der Waals surface area contributed by atoms with Crippen LogP contribution in [0.2, 0.25) is 0 Å². The molecule has 0 aliphatic heterocycles. The Hall–Kier alpha value is -0.920. The lowest BCUT2D eigenvalue weighted by Gasteiger charge is -2.16. The summed E-state index contributed by atoms with van der Waals surface area (Å²) in [7, 11) is 0. The molecule has 24 heavy (non-hydrogen) atoms. The molecule has 0 spiro atoms. The average Bonchev–Trinajstić information content (AvgIpc) is 2.51. The largest absolute Gasteiger partial charge is 0.416 e. The van der Waals surface area contributed by atoms with Crippen LogP contribution in [-0.2, 0) is 11.0 Å². The van der Waals surface area contributed by atoms with Gasteiger partial charge in [0.2, 0.25) is 5.91 Å². The predicted molar refractivity (Wildman–Crippen MR) is 95.7 cm³/mol. The number of benzene rings is 1. The number of hydrogen-bond acceptors (Lipinski definition) is 3. The number of carbonyl (C=O) groups is 1. The molecule has 0 radical (unpaired) electrons. The fourth-order valence-electron chi connectivity index (χ4n) is 2.11. The van der Waals surface area contributed by atoms with Crippen molar-refractivity contribution in [3.05, 3.63) is 35.4 Å². The van der Waals surface area contributed by atoms with Gasteiger partial charge in [-0.3, -0.25) is 4.79 Å². The molecule has 0 aromatic heterocycles. The fourth-order valence-corrected chi connectivity index (χ4v) is 2.60. The molecule has 3 N–H and O–H groups in total. The van der Waals surface area contributed by atoms with Gasteiger partial charge < -0.3 is 11.1 Å². The van der Waals surface area contributed by atoms with Gasteiger partial charge in [0, 0.05) is 6.54 Å². The van der Waals surface area contributed by atoms with Gasteiger partial charge in [-0.05, 0) is 42.4 Å². The first-order valence-electron chi connectivity index (χ1n) is 7.45. The van der Waals surface area contributed by atoms with Gasteiger partial charge in [0.05, 0.1) is 11.6 Å². The van der Waals surface area contributed by atoms with E-state index in [-0.39, 0.29) is 24.2 Å². The number of alkyl halides is 3. The van der Waals surface area contributed by atoms with Crippen molar-refractivity contribution < 1.29 is 18.0 Å². The lowest BCUT2D eigenvalue weighted by Crippen LogP contribution is -2.41. The summed E-state index contributed by atoms with van der Waals surface area (Å²) < 4.78 is 38.1. The maximum Gasteiger partial charge on any atom is 0.416 e. The minimum Gasteiger partial charge on any atom is -0.355 e. The summed E-state index contributed by atoms with van der Waals surface area (Å²) in [4.78, 5) is 11.8. The average molecular weight is 385 g/mol. The first kappa shape index (κ1) is 23.1. The number of nitrogens with one attached hydrogen (secondary N) is 1. The summed E-state index contributed by atoms with van der Waals surface area (Å²) in [5.74, 6) is 0.519. The number of rotatable bonds is 8. The van der Waals surface area contributed by atoms with Crippen molar-refractivity contribution in [3.63, 3.8) is 0 Å². The first-order valence-corrected chi connectivity index (χ1v) is 8.84. The topological polar surface area (TPSA) is 55.1 Å². The highest BCUT2D eigenvalue weighted by Crippen LogP contribution is 2.31. The number of carbonyl (C=O) groups excluding carboxylic acids is 1. The van der Waals surface area contributed by atoms with Gasteiger partial charge in [-0.25, -0.2) is 0 Å². The normalized spacial score (nSPS) is 13.8. The highest BCUT2D eigenvalue weighted by atomic mass is 35.5. The molecule has 0 saturated carbocycles. The second kappa shape index (κ2) is 10.8. The van der Waals surface area contributed by atoms with E-state index in [1.54, 1.807) is 17.8 Å². The molecule has 0 aliphatic carbocycles. The van der Waals surface area contributed by atoms with Crippen LogP contribution in [0.25, 0.3) is 0 Å². The van der Waals surface area contributed by atoms with E-state index < -0.39 is 17.8 Å². The van der Waals surface area contributed by atoms with Gasteiger partial charge in [-0.15, -0.1) is 12.4 Å². The van der Waals surface area contributed by atoms with Crippen LogP contribution in [0.1, 0.15) is 36.8 Å². The SMILES string of the molecule is CSCC[C@H](N)C(=O)NCCC(C)c1cccc(C(F)(F)F)c1.Cl. The van der Waals surface area contributed by atoms with Crippen LogP contribution in [-0.4, -0.2) is 30.5 Å². The van der Waals surface area contributed by atoms with Gasteiger partial charge in [0.15, 0.2) is 0 Å². The molecule has 8 heteroatoms. The summed E-state index contributed by atoms with van der Waals surface area (Å²) in [5.41, 5.74) is 5.71. The molecule has 0 aliphatic rings. The third-order valence-electron chi connectivity index (χ3n) is 3.63. The maximum absolute atomic E-state index is 12.7. The van der Waals surface area contributed by atoms with E-state index in [1.807, 2.05) is 13.2 Å². The van der Waals surface area contributed by atoms with E-state index in [0.29, 0.717) is 24.9 Å². The maximum atomic E-state index is 12.7. The lowest BCUT2D eigenvalue weighted by atomic mass is 9.96. The van der Waals surface area contributed by atoms with Gasteiger partial charge in [0.25, 0.3) is 0 Å². The Balaban J connectivity index is 0.00000529. The third-order valence-corrected chi connectivity index (χ3v) is 4.27. The van der Waals surface area contributed by atoms with Crippen LogP contribution in [0, 0.1) is 0 Å². The lowest BCUT2D eigenvalue weighted by molar-refractivity contribution is -0.137. The molecule has 0 saturated heterocycles. The van der Waals surface area contributed by atoms with Crippen molar-refractivity contribution in [1.82, 2.24) is 5.32 Å². The Morgan fingerprint density at radius 2 is 2.00 bits per heavy atom. The van der Waals surface area contributed by atoms with E-state index in [1.165, 1.54) is 6.07 Å². The highest BCUT2D eigenvalue weighted by molar-refractivity contribution is 7.98. The van der Waals surface area contributed by atoms with Crippen LogP contribution in [0.5, 0.6) is 0 Å². The first-order chi connectivity index (χ1) is 10.8. The van der Waals surface area contributed by atoms with Crippen molar-refractivity contribution in [3.8, 4) is 0 Å². The van der Waals surface area contributed by atoms with E-state index in [4.69, 9.17) is 5.73 Å². The number of amides is 1. The quantitative estimate of drug-likeness (QED) is 0.716. The smallest absolute Gasteiger partial charge is 0.355 e. The van der Waals surface area contributed by atoms with Crippen molar-refractivity contribution in [2.24, 2.45) is 5.73 Å². The minimum absolute atomic E-state index is 0. The third kappa shape index (κ3) is 7.77. The molecule has 0 fully saturated rings. The zero-order valence-electron chi connectivity index (χ0n) is 13.7. The molecular formula is C16H24ClF3N2OS. The summed E-state index contributed by atoms with van der Waals surface area (Å²) in [5, 5.41) is 2.74. The Bertz CT molecular complexity index is 514. The second-order valence-corrected chi connectivity index (χ2v) is 6.48. The van der Waals surface area contributed by atoms with Gasteiger partial charge in [-0.2, -0.15) is 24.9 Å². The number of nitrogens with two attached hydrogens (primary N) is 1. The zero-order valence-corrected chi connectivity index (χ0v) is 15.4. The van der Waals surface area contributed by atoms with E-state index >= 15 is 0 Å². The van der Waals surface area contributed by atoms with Crippen LogP contribution < -0.4 is 11.1 Å². The van der Waals surface area contributed by atoms with Crippen molar-refractivity contribution in [2.75, 3.05) is 18.6 Å². The summed E-state index contributed by atoms with van der Waals surface area (Å²) in [6.07, 6.45) is -1.23. The van der Waals surface area contributed by atoms with Crippen molar-refractivity contribution in [1.29, 1.82) is 0 Å². The molecule has 1 aromatic rings. The summed E-state index contributed by atoms with van der Waals surface area (Å²) in [6, 6.07) is 4.77. The fraction of sp³-hybridized carbons (Fsp3) is 0.562. The van der Waals surface area contributed by atoms with E-state index in [0.717, 1.165) is 17.9 Å². The molecule has 138 valence electrons. The molecule has 1 rings (SSSR count). The standard InChI is InChI=1S/C16H23F3N2OS.ClH/c1-11(6-8-21-15(22)14(20)7-9-23-2)12-4-3-5-13(10-12)16(17,18)19;/h3-5,10-11,14H,6-9,20H2,1-2H3,(H,21,22);1H/t11?,14-;/m0./s1. The van der Waals surface area contributed by atoms with Crippen molar-refractivity contribution >= 4 is 30.1 Å². The summed E-state index contributed by atoms with van der Waals surface area (Å²) in [6.45, 7) is 2.23. The van der Waals surface area contributed by atoms with Crippen LogP contribution in [0.15, 0.2) is 24.3 Å². The highest BCUT2D eigenvalue weighted by Gasteiger charge is 2.30. The van der Waals surface area contributed by atoms with Gasteiger partial charge in [-0.1, -0.05) is 25.1 Å². The molecule has 3 nitrogen and oxygen atoms in total. The Kier molecular flexibility index (Phi) is 10.4. The number of hydrogen-bond donors (Lipinski definition) is 2. The zero-order chi connectivity index (χ0) is 17.5. The van der Waals surface area contributed by atoms with E-state index in [9.17, 15) is 18.0 Å². The molecule has 1 amide bonds. The molecule has 0 bridgehead atoms. The Morgan fingerprint density at radius 3 is 2.58 bits per heavy atom. The van der Waals surface area contributed by atoms with Crippen molar-refractivity contribution in [2.45, 2.75) is 37.9 Å². The summed E-state index contributed by atoms with van der Waals surface area (Å²) >= 11 is 1.62. The molecule has 0 heterocycles. The molecule has 1 aromatic carbocycles. The van der Waals surface area contributed by atoms with Crippen LogP contribution in [0.3, 0.4) is 0 Å². The number of thioether (sulfide) groups is 1. The van der Waals surface area contributed by atoms with E-state index in [2.05, 4.69) is 5.32 Å². The molecular weight excluding hydrogens is 361 g/mol. The molecule has 2 atom stereocenters. The van der Waals surface area contributed by atoms with Gasteiger partial charge >= 0.3 is 6.18 Å². The monoisotopic (exact) mass is 384 g/mol. The van der Waals surface area contributed by atoms with Crippen LogP contribution >= 0.6 is 24.2 Å². The number of halogens is 4. The molecule has 1 unspecified atom stereocenters.